The molecule has 0 spiro atoms. The lowest BCUT2D eigenvalue weighted by molar-refractivity contribution is -0.123. The lowest BCUT2D eigenvalue weighted by atomic mass is 9.80. The maximum Gasteiger partial charge on any atom is 0.243 e. The number of aryl methyl sites for hydroxylation is 1. The first kappa shape index (κ1) is 12.0. The Hall–Kier alpha value is -1.51. The van der Waals surface area contributed by atoms with Crippen LogP contribution in [0.5, 0.6) is 0 Å². The molecular weight excluding hydrogens is 212 g/mol. The third-order valence-corrected chi connectivity index (χ3v) is 3.70. The van der Waals surface area contributed by atoms with Crippen molar-refractivity contribution < 1.29 is 4.79 Å². The highest BCUT2D eigenvalue weighted by atomic mass is 16.1. The van der Waals surface area contributed by atoms with Crippen molar-refractivity contribution in [3.05, 3.63) is 29.8 Å². The largest absolute Gasteiger partial charge is 0.371 e. The maximum atomic E-state index is 11.8. The number of primary amides is 1. The fourth-order valence-electron chi connectivity index (χ4n) is 2.56. The van der Waals surface area contributed by atoms with E-state index in [1.807, 2.05) is 31.2 Å². The monoisotopic (exact) mass is 232 g/mol. The van der Waals surface area contributed by atoms with Crippen molar-refractivity contribution in [3.63, 3.8) is 0 Å². The van der Waals surface area contributed by atoms with Gasteiger partial charge in [0, 0.05) is 5.69 Å². The van der Waals surface area contributed by atoms with Crippen molar-refractivity contribution >= 4 is 11.6 Å². The van der Waals surface area contributed by atoms with E-state index in [9.17, 15) is 4.79 Å². The molecule has 0 unspecified atom stereocenters. The Morgan fingerprint density at radius 3 is 2.47 bits per heavy atom. The summed E-state index contributed by atoms with van der Waals surface area (Å²) in [5.74, 6) is -0.222. The number of nitrogens with two attached hydrogens (primary N) is 1. The molecule has 2 rings (SSSR count). The molecule has 3 nitrogen and oxygen atoms in total. The molecule has 3 N–H and O–H groups in total. The number of nitrogens with one attached hydrogen (secondary N) is 1. The van der Waals surface area contributed by atoms with Crippen LogP contribution in [0, 0.1) is 6.92 Å². The first-order valence-corrected chi connectivity index (χ1v) is 6.28. The van der Waals surface area contributed by atoms with Crippen LogP contribution in [0.25, 0.3) is 0 Å². The number of para-hydroxylation sites is 1. The predicted molar refractivity (Wildman–Crippen MR) is 69.8 cm³/mol. The molecule has 1 aromatic carbocycles. The fraction of sp³-hybridized carbons (Fsp3) is 0.500. The van der Waals surface area contributed by atoms with Crippen LogP contribution < -0.4 is 11.1 Å². The average Bonchev–Trinajstić information content (AvgIpc) is 2.33. The third kappa shape index (κ3) is 2.43. The van der Waals surface area contributed by atoms with E-state index in [2.05, 4.69) is 5.32 Å². The predicted octanol–water partition coefficient (Wildman–Crippen LogP) is 2.60. The van der Waals surface area contributed by atoms with Crippen molar-refractivity contribution in [2.24, 2.45) is 5.73 Å². The Labute approximate surface area is 102 Å². The Morgan fingerprint density at radius 2 is 1.88 bits per heavy atom. The van der Waals surface area contributed by atoms with Gasteiger partial charge in [0.15, 0.2) is 0 Å². The molecule has 0 aliphatic heterocycles. The Morgan fingerprint density at radius 1 is 1.24 bits per heavy atom. The van der Waals surface area contributed by atoms with Gasteiger partial charge in [-0.2, -0.15) is 0 Å². The van der Waals surface area contributed by atoms with Crippen LogP contribution in [-0.4, -0.2) is 11.4 Å². The van der Waals surface area contributed by atoms with Crippen LogP contribution in [0.15, 0.2) is 24.3 Å². The molecule has 0 atom stereocenters. The molecule has 1 aromatic rings. The van der Waals surface area contributed by atoms with Crippen LogP contribution >= 0.6 is 0 Å². The Kier molecular flexibility index (Phi) is 3.36. The number of anilines is 1. The third-order valence-electron chi connectivity index (χ3n) is 3.70. The topological polar surface area (TPSA) is 55.1 Å². The normalized spacial score (nSPS) is 18.6. The zero-order chi connectivity index (χ0) is 12.3. The van der Waals surface area contributed by atoms with Gasteiger partial charge in [-0.1, -0.05) is 37.5 Å². The van der Waals surface area contributed by atoms with Crippen LogP contribution in [0.4, 0.5) is 5.69 Å². The second kappa shape index (κ2) is 4.78. The van der Waals surface area contributed by atoms with E-state index in [0.29, 0.717) is 0 Å². The maximum absolute atomic E-state index is 11.8. The fourth-order valence-corrected chi connectivity index (χ4v) is 2.56. The molecular formula is C14H20N2O. The van der Waals surface area contributed by atoms with E-state index in [4.69, 9.17) is 5.73 Å². The summed E-state index contributed by atoms with van der Waals surface area (Å²) in [5.41, 5.74) is 7.23. The van der Waals surface area contributed by atoms with E-state index in [1.54, 1.807) is 0 Å². The van der Waals surface area contributed by atoms with Crippen LogP contribution in [-0.2, 0) is 4.79 Å². The van der Waals surface area contributed by atoms with Crippen molar-refractivity contribution in [3.8, 4) is 0 Å². The van der Waals surface area contributed by atoms with Crippen molar-refractivity contribution in [1.82, 2.24) is 0 Å². The summed E-state index contributed by atoms with van der Waals surface area (Å²) in [7, 11) is 0. The van der Waals surface area contributed by atoms with Gasteiger partial charge >= 0.3 is 0 Å². The Bertz CT molecular complexity index is 408. The van der Waals surface area contributed by atoms with E-state index in [-0.39, 0.29) is 5.91 Å². The first-order valence-electron chi connectivity index (χ1n) is 6.28. The molecule has 1 aliphatic rings. The second-order valence-electron chi connectivity index (χ2n) is 4.95. The number of benzene rings is 1. The van der Waals surface area contributed by atoms with Gasteiger partial charge < -0.3 is 11.1 Å². The van der Waals surface area contributed by atoms with Crippen LogP contribution in [0.2, 0.25) is 0 Å². The van der Waals surface area contributed by atoms with Crippen molar-refractivity contribution in [2.45, 2.75) is 44.6 Å². The standard InChI is InChI=1S/C14H20N2O/c1-11-7-3-4-8-12(11)16-14(13(15)17)9-5-2-6-10-14/h3-4,7-8,16H,2,5-6,9-10H2,1H3,(H2,15,17). The smallest absolute Gasteiger partial charge is 0.243 e. The van der Waals surface area contributed by atoms with Gasteiger partial charge in [-0.3, -0.25) is 4.79 Å². The zero-order valence-electron chi connectivity index (χ0n) is 10.3. The summed E-state index contributed by atoms with van der Waals surface area (Å²) in [6, 6.07) is 8.03. The average molecular weight is 232 g/mol. The number of rotatable bonds is 3. The molecule has 0 heterocycles. The molecule has 17 heavy (non-hydrogen) atoms. The minimum absolute atomic E-state index is 0.222. The summed E-state index contributed by atoms with van der Waals surface area (Å²) in [6.45, 7) is 2.04. The quantitative estimate of drug-likeness (QED) is 0.841. The number of amides is 1. The van der Waals surface area contributed by atoms with Gasteiger partial charge in [-0.05, 0) is 31.4 Å². The number of hydrogen-bond acceptors (Lipinski definition) is 2. The van der Waals surface area contributed by atoms with Crippen molar-refractivity contribution in [1.29, 1.82) is 0 Å². The summed E-state index contributed by atoms with van der Waals surface area (Å²) in [5, 5.41) is 3.39. The van der Waals surface area contributed by atoms with Gasteiger partial charge in [-0.25, -0.2) is 0 Å². The zero-order valence-corrected chi connectivity index (χ0v) is 10.3. The van der Waals surface area contributed by atoms with Gasteiger partial charge in [0.2, 0.25) is 5.91 Å². The highest BCUT2D eigenvalue weighted by Crippen LogP contribution is 2.32. The molecule has 92 valence electrons. The van der Waals surface area contributed by atoms with E-state index in [0.717, 1.165) is 36.9 Å². The SMILES string of the molecule is Cc1ccccc1NC1(C(N)=O)CCCCC1. The number of carbonyl (C=O) groups excluding carboxylic acids is 1. The first-order chi connectivity index (χ1) is 8.14. The van der Waals surface area contributed by atoms with Gasteiger partial charge in [-0.15, -0.1) is 0 Å². The lowest BCUT2D eigenvalue weighted by Crippen LogP contribution is -2.51. The molecule has 1 saturated carbocycles. The molecule has 0 radical (unpaired) electrons. The van der Waals surface area contributed by atoms with Gasteiger partial charge in [0.1, 0.15) is 5.54 Å². The minimum atomic E-state index is -0.537. The molecule has 1 aliphatic carbocycles. The molecule has 0 bridgehead atoms. The summed E-state index contributed by atoms with van der Waals surface area (Å²) in [4.78, 5) is 11.8. The molecule has 0 saturated heterocycles. The highest BCUT2D eigenvalue weighted by Gasteiger charge is 2.37. The van der Waals surface area contributed by atoms with Gasteiger partial charge in [0.05, 0.1) is 0 Å². The minimum Gasteiger partial charge on any atom is -0.371 e. The van der Waals surface area contributed by atoms with E-state index in [1.165, 1.54) is 6.42 Å². The second-order valence-corrected chi connectivity index (χ2v) is 4.95. The molecule has 0 aromatic heterocycles. The number of carbonyl (C=O) groups is 1. The molecule has 3 heteroatoms. The number of hydrogen-bond donors (Lipinski definition) is 2. The highest BCUT2D eigenvalue weighted by molar-refractivity contribution is 5.88. The Balaban J connectivity index is 2.24. The van der Waals surface area contributed by atoms with Crippen molar-refractivity contribution in [2.75, 3.05) is 5.32 Å². The summed E-state index contributed by atoms with van der Waals surface area (Å²) >= 11 is 0. The van der Waals surface area contributed by atoms with Crippen LogP contribution in [0.1, 0.15) is 37.7 Å². The van der Waals surface area contributed by atoms with E-state index < -0.39 is 5.54 Å². The molecule has 1 fully saturated rings. The lowest BCUT2D eigenvalue weighted by Gasteiger charge is -2.36. The summed E-state index contributed by atoms with van der Waals surface area (Å²) in [6.07, 6.45) is 5.03. The molecule has 1 amide bonds. The van der Waals surface area contributed by atoms with E-state index >= 15 is 0 Å². The summed E-state index contributed by atoms with van der Waals surface area (Å²) < 4.78 is 0. The van der Waals surface area contributed by atoms with Gasteiger partial charge in [0.25, 0.3) is 0 Å². The van der Waals surface area contributed by atoms with Crippen LogP contribution in [0.3, 0.4) is 0 Å².